The van der Waals surface area contributed by atoms with Gasteiger partial charge >= 0.3 is 5.97 Å². The molecule has 1 rings (SSSR count). The van der Waals surface area contributed by atoms with Gasteiger partial charge in [0.25, 0.3) is 5.91 Å². The first-order valence-corrected chi connectivity index (χ1v) is 7.36. The number of carboxylic acid groups (broad SMARTS) is 1. The van der Waals surface area contributed by atoms with Crippen molar-refractivity contribution in [1.29, 1.82) is 0 Å². The SMILES string of the molecule is CCc1nn(C)cc1C(=O)NCC(CC(=O)O)CC(C)C. The van der Waals surface area contributed by atoms with Gasteiger partial charge in [-0.1, -0.05) is 20.8 Å². The Morgan fingerprint density at radius 1 is 1.43 bits per heavy atom. The van der Waals surface area contributed by atoms with Crippen LogP contribution in [0.25, 0.3) is 0 Å². The topological polar surface area (TPSA) is 84.2 Å². The predicted octanol–water partition coefficient (Wildman–Crippen LogP) is 1.85. The van der Waals surface area contributed by atoms with Crippen LogP contribution in [0.5, 0.6) is 0 Å². The number of amides is 1. The van der Waals surface area contributed by atoms with E-state index in [2.05, 4.69) is 10.4 Å². The van der Waals surface area contributed by atoms with E-state index in [0.717, 1.165) is 12.1 Å². The van der Waals surface area contributed by atoms with Gasteiger partial charge in [0.05, 0.1) is 11.3 Å². The minimum absolute atomic E-state index is 0.0480. The van der Waals surface area contributed by atoms with Gasteiger partial charge < -0.3 is 10.4 Å². The largest absolute Gasteiger partial charge is 0.481 e. The average Bonchev–Trinajstić information content (AvgIpc) is 2.75. The first kappa shape index (κ1) is 17.2. The predicted molar refractivity (Wildman–Crippen MR) is 80.1 cm³/mol. The van der Waals surface area contributed by atoms with Crippen molar-refractivity contribution in [3.8, 4) is 0 Å². The Bertz CT molecular complexity index is 494. The van der Waals surface area contributed by atoms with Gasteiger partial charge in [-0.15, -0.1) is 0 Å². The van der Waals surface area contributed by atoms with Gasteiger partial charge in [-0.2, -0.15) is 5.10 Å². The smallest absolute Gasteiger partial charge is 0.303 e. The van der Waals surface area contributed by atoms with E-state index in [9.17, 15) is 9.59 Å². The zero-order chi connectivity index (χ0) is 16.0. The molecule has 0 fully saturated rings. The fourth-order valence-electron chi connectivity index (χ4n) is 2.47. The number of carboxylic acids is 1. The van der Waals surface area contributed by atoms with Crippen LogP contribution in [-0.2, 0) is 18.3 Å². The van der Waals surface area contributed by atoms with Gasteiger partial charge in [0.2, 0.25) is 0 Å². The summed E-state index contributed by atoms with van der Waals surface area (Å²) >= 11 is 0. The molecule has 0 aliphatic carbocycles. The summed E-state index contributed by atoms with van der Waals surface area (Å²) in [5.41, 5.74) is 1.33. The van der Waals surface area contributed by atoms with Crippen LogP contribution in [0, 0.1) is 11.8 Å². The van der Waals surface area contributed by atoms with Gasteiger partial charge in [0.1, 0.15) is 0 Å². The van der Waals surface area contributed by atoms with Gasteiger partial charge in [-0.05, 0) is 24.7 Å². The Kier molecular flexibility index (Phi) is 6.39. The molecule has 0 aliphatic rings. The monoisotopic (exact) mass is 295 g/mol. The summed E-state index contributed by atoms with van der Waals surface area (Å²) < 4.78 is 1.62. The first-order chi connectivity index (χ1) is 9.83. The van der Waals surface area contributed by atoms with E-state index < -0.39 is 5.97 Å². The Morgan fingerprint density at radius 3 is 2.62 bits per heavy atom. The summed E-state index contributed by atoms with van der Waals surface area (Å²) in [6.07, 6.45) is 3.24. The lowest BCUT2D eigenvalue weighted by atomic mass is 9.94. The Morgan fingerprint density at radius 2 is 2.10 bits per heavy atom. The number of aliphatic carboxylic acids is 1. The number of nitrogens with zero attached hydrogens (tertiary/aromatic N) is 2. The van der Waals surface area contributed by atoms with Crippen molar-refractivity contribution in [1.82, 2.24) is 15.1 Å². The number of aryl methyl sites for hydroxylation is 2. The van der Waals surface area contributed by atoms with Crippen molar-refractivity contribution in [2.24, 2.45) is 18.9 Å². The van der Waals surface area contributed by atoms with E-state index in [0.29, 0.717) is 24.4 Å². The van der Waals surface area contributed by atoms with E-state index in [1.165, 1.54) is 0 Å². The molecule has 0 radical (unpaired) electrons. The van der Waals surface area contributed by atoms with Crippen molar-refractivity contribution < 1.29 is 14.7 Å². The number of hydrogen-bond acceptors (Lipinski definition) is 3. The summed E-state index contributed by atoms with van der Waals surface area (Å²) in [6.45, 7) is 6.42. The summed E-state index contributed by atoms with van der Waals surface area (Å²) in [7, 11) is 1.78. The molecule has 1 aromatic heterocycles. The second-order valence-electron chi connectivity index (χ2n) is 5.82. The molecule has 0 aliphatic heterocycles. The molecule has 1 aromatic rings. The van der Waals surface area contributed by atoms with Crippen LogP contribution in [-0.4, -0.2) is 33.3 Å². The molecule has 1 unspecified atom stereocenters. The molecule has 6 nitrogen and oxygen atoms in total. The molecule has 21 heavy (non-hydrogen) atoms. The number of aromatic nitrogens is 2. The fraction of sp³-hybridized carbons (Fsp3) is 0.667. The molecule has 1 heterocycles. The number of rotatable bonds is 8. The zero-order valence-corrected chi connectivity index (χ0v) is 13.2. The maximum Gasteiger partial charge on any atom is 0.303 e. The van der Waals surface area contributed by atoms with Crippen LogP contribution in [0.4, 0.5) is 0 Å². The van der Waals surface area contributed by atoms with Crippen molar-refractivity contribution in [2.45, 2.75) is 40.0 Å². The molecule has 6 heteroatoms. The van der Waals surface area contributed by atoms with Crippen LogP contribution in [0.2, 0.25) is 0 Å². The number of hydrogen-bond donors (Lipinski definition) is 2. The van der Waals surface area contributed by atoms with Crippen LogP contribution in [0.3, 0.4) is 0 Å². The van der Waals surface area contributed by atoms with E-state index in [-0.39, 0.29) is 18.2 Å². The maximum absolute atomic E-state index is 12.2. The molecule has 1 amide bonds. The lowest BCUT2D eigenvalue weighted by Gasteiger charge is -2.17. The first-order valence-electron chi connectivity index (χ1n) is 7.36. The average molecular weight is 295 g/mol. The molecule has 118 valence electrons. The molecular formula is C15H25N3O3. The minimum Gasteiger partial charge on any atom is -0.481 e. The van der Waals surface area contributed by atoms with E-state index >= 15 is 0 Å². The molecule has 0 spiro atoms. The highest BCUT2D eigenvalue weighted by Crippen LogP contribution is 2.15. The second kappa shape index (κ2) is 7.81. The highest BCUT2D eigenvalue weighted by atomic mass is 16.4. The van der Waals surface area contributed by atoms with Gasteiger partial charge in [-0.25, -0.2) is 0 Å². The minimum atomic E-state index is -0.828. The molecule has 0 aromatic carbocycles. The molecule has 0 bridgehead atoms. The van der Waals surface area contributed by atoms with Gasteiger partial charge in [0.15, 0.2) is 0 Å². The van der Waals surface area contributed by atoms with E-state index in [4.69, 9.17) is 5.11 Å². The van der Waals surface area contributed by atoms with E-state index in [1.54, 1.807) is 17.9 Å². The Balaban J connectivity index is 2.65. The van der Waals surface area contributed by atoms with Crippen LogP contribution < -0.4 is 5.32 Å². The van der Waals surface area contributed by atoms with Gasteiger partial charge in [0, 0.05) is 26.2 Å². The molecule has 2 N–H and O–H groups in total. The van der Waals surface area contributed by atoms with Crippen molar-refractivity contribution in [2.75, 3.05) is 6.54 Å². The zero-order valence-electron chi connectivity index (χ0n) is 13.2. The summed E-state index contributed by atoms with van der Waals surface area (Å²) in [5.74, 6) is -0.659. The summed E-state index contributed by atoms with van der Waals surface area (Å²) in [6, 6.07) is 0. The third kappa shape index (κ3) is 5.57. The number of nitrogens with one attached hydrogen (secondary N) is 1. The standard InChI is InChI=1S/C15H25N3O3/c1-5-13-12(9-18(4)17-13)15(21)16-8-11(6-10(2)3)7-14(19)20/h9-11H,5-8H2,1-4H3,(H,16,21)(H,19,20). The van der Waals surface area contributed by atoms with Crippen LogP contribution in [0.15, 0.2) is 6.20 Å². The molecule has 1 atom stereocenters. The van der Waals surface area contributed by atoms with Crippen molar-refractivity contribution in [3.05, 3.63) is 17.5 Å². The quantitative estimate of drug-likeness (QED) is 0.766. The summed E-state index contributed by atoms with van der Waals surface area (Å²) in [4.78, 5) is 23.1. The molecule has 0 saturated carbocycles. The molecule has 0 saturated heterocycles. The summed E-state index contributed by atoms with van der Waals surface area (Å²) in [5, 5.41) is 16.0. The number of carbonyl (C=O) groups excluding carboxylic acids is 1. The third-order valence-electron chi connectivity index (χ3n) is 3.30. The maximum atomic E-state index is 12.2. The highest BCUT2D eigenvalue weighted by Gasteiger charge is 2.18. The van der Waals surface area contributed by atoms with Crippen molar-refractivity contribution >= 4 is 11.9 Å². The highest BCUT2D eigenvalue weighted by molar-refractivity contribution is 5.95. The fourth-order valence-corrected chi connectivity index (χ4v) is 2.47. The van der Waals surface area contributed by atoms with Crippen molar-refractivity contribution in [3.63, 3.8) is 0 Å². The third-order valence-corrected chi connectivity index (χ3v) is 3.30. The van der Waals surface area contributed by atoms with Crippen LogP contribution >= 0.6 is 0 Å². The van der Waals surface area contributed by atoms with Gasteiger partial charge in [-0.3, -0.25) is 14.3 Å². The second-order valence-corrected chi connectivity index (χ2v) is 5.82. The normalized spacial score (nSPS) is 12.4. The Labute approximate surface area is 125 Å². The van der Waals surface area contributed by atoms with Crippen LogP contribution in [0.1, 0.15) is 49.7 Å². The lowest BCUT2D eigenvalue weighted by molar-refractivity contribution is -0.138. The van der Waals surface area contributed by atoms with E-state index in [1.807, 2.05) is 20.8 Å². The number of carbonyl (C=O) groups is 2. The lowest BCUT2D eigenvalue weighted by Crippen LogP contribution is -2.31. The molecular weight excluding hydrogens is 270 g/mol. The Hall–Kier alpha value is -1.85.